The molecule has 1 aromatic heterocycles. The molecule has 4 aromatic rings. The van der Waals surface area contributed by atoms with Crippen molar-refractivity contribution in [1.29, 1.82) is 0 Å². The number of anilines is 1. The van der Waals surface area contributed by atoms with Gasteiger partial charge in [0.2, 0.25) is 0 Å². The third-order valence-corrected chi connectivity index (χ3v) is 6.21. The van der Waals surface area contributed by atoms with Crippen molar-refractivity contribution in [1.82, 2.24) is 9.88 Å². The van der Waals surface area contributed by atoms with E-state index in [0.717, 1.165) is 14.7 Å². The Labute approximate surface area is 206 Å². The molecule has 0 aliphatic rings. The second-order valence-electron chi connectivity index (χ2n) is 7.28. The summed E-state index contributed by atoms with van der Waals surface area (Å²) in [6, 6.07) is 22.8. The van der Waals surface area contributed by atoms with Crippen LogP contribution in [-0.2, 0) is 0 Å². The highest BCUT2D eigenvalue weighted by atomic mass is 79.9. The van der Waals surface area contributed by atoms with Crippen LogP contribution in [0.15, 0.2) is 77.3 Å². The van der Waals surface area contributed by atoms with E-state index in [0.29, 0.717) is 35.3 Å². The molecule has 0 spiro atoms. The van der Waals surface area contributed by atoms with Crippen LogP contribution < -0.4 is 9.64 Å². The summed E-state index contributed by atoms with van der Waals surface area (Å²) in [5, 5.41) is 0.675. The van der Waals surface area contributed by atoms with Gasteiger partial charge in [0.1, 0.15) is 11.5 Å². The van der Waals surface area contributed by atoms with Gasteiger partial charge < -0.3 is 9.64 Å². The van der Waals surface area contributed by atoms with E-state index >= 15 is 0 Å². The number of carbonyl (C=O) groups is 1. The highest BCUT2D eigenvalue weighted by molar-refractivity contribution is 9.10. The first-order valence-electron chi connectivity index (χ1n) is 9.86. The van der Waals surface area contributed by atoms with E-state index in [-0.39, 0.29) is 18.3 Å². The number of amides is 1. The molecular formula is C24H23BrClN3O2S. The van der Waals surface area contributed by atoms with Crippen LogP contribution in [0, 0.1) is 0 Å². The first-order valence-corrected chi connectivity index (χ1v) is 11.5. The molecule has 1 amide bonds. The number of rotatable bonds is 7. The Kier molecular flexibility index (Phi) is 8.26. The van der Waals surface area contributed by atoms with Crippen LogP contribution in [0.3, 0.4) is 0 Å². The molecule has 0 radical (unpaired) electrons. The number of likely N-dealkylation sites (N-methyl/N-ethyl adjacent to an activating group) is 1. The quantitative estimate of drug-likeness (QED) is 0.273. The van der Waals surface area contributed by atoms with Gasteiger partial charge in [0, 0.05) is 17.6 Å². The normalized spacial score (nSPS) is 10.8. The fourth-order valence-electron chi connectivity index (χ4n) is 3.08. The van der Waals surface area contributed by atoms with Crippen LogP contribution in [0.2, 0.25) is 0 Å². The number of halogens is 2. The molecule has 166 valence electrons. The summed E-state index contributed by atoms with van der Waals surface area (Å²) in [5.74, 6) is 1.08. The number of benzene rings is 3. The summed E-state index contributed by atoms with van der Waals surface area (Å²) in [6.45, 7) is 1.24. The number of fused-ring (bicyclic) bond motifs is 1. The van der Waals surface area contributed by atoms with E-state index in [1.807, 2.05) is 80.8 Å². The Bertz CT molecular complexity index is 1200. The molecule has 5 nitrogen and oxygen atoms in total. The lowest BCUT2D eigenvalue weighted by atomic mass is 10.1. The fraction of sp³-hybridized carbons (Fsp3) is 0.167. The Morgan fingerprint density at radius 1 is 1.00 bits per heavy atom. The molecular weight excluding hydrogens is 510 g/mol. The molecule has 0 aliphatic heterocycles. The summed E-state index contributed by atoms with van der Waals surface area (Å²) < 4.78 is 8.05. The van der Waals surface area contributed by atoms with Gasteiger partial charge in [0.05, 0.1) is 15.8 Å². The summed E-state index contributed by atoms with van der Waals surface area (Å²) >= 11 is 5.02. The van der Waals surface area contributed by atoms with E-state index in [1.54, 1.807) is 11.0 Å². The zero-order chi connectivity index (χ0) is 21.8. The van der Waals surface area contributed by atoms with Gasteiger partial charge >= 0.3 is 0 Å². The molecule has 0 bridgehead atoms. The fourth-order valence-corrected chi connectivity index (χ4v) is 4.62. The maximum atomic E-state index is 13.7. The maximum absolute atomic E-state index is 13.7. The lowest BCUT2D eigenvalue weighted by molar-refractivity contribution is 0.0983. The average Bonchev–Trinajstić information content (AvgIpc) is 3.17. The Morgan fingerprint density at radius 2 is 1.72 bits per heavy atom. The summed E-state index contributed by atoms with van der Waals surface area (Å²) in [4.78, 5) is 22.2. The van der Waals surface area contributed by atoms with Gasteiger partial charge in [-0.3, -0.25) is 9.69 Å². The van der Waals surface area contributed by atoms with Crippen molar-refractivity contribution in [3.63, 3.8) is 0 Å². The molecule has 3 aromatic carbocycles. The standard InChI is InChI=1S/C24H22BrN3O2S.ClH/c1-27(2)14-15-28(24-26-20-13-12-17(25)16-22(20)31-24)23(29)19-10-6-7-11-21(19)30-18-8-4-3-5-9-18;/h3-13,16H,14-15H2,1-2H3;1H. The number of carbonyl (C=O) groups excluding carboxylic acids is 1. The second-order valence-corrected chi connectivity index (χ2v) is 9.20. The minimum Gasteiger partial charge on any atom is -0.457 e. The van der Waals surface area contributed by atoms with Gasteiger partial charge in [0.15, 0.2) is 5.13 Å². The average molecular weight is 533 g/mol. The predicted octanol–water partition coefficient (Wildman–Crippen LogP) is 6.48. The van der Waals surface area contributed by atoms with Crippen LogP contribution in [0.4, 0.5) is 5.13 Å². The molecule has 4 rings (SSSR count). The number of para-hydroxylation sites is 2. The van der Waals surface area contributed by atoms with Crippen LogP contribution in [0.1, 0.15) is 10.4 Å². The van der Waals surface area contributed by atoms with Gasteiger partial charge in [-0.25, -0.2) is 4.98 Å². The third kappa shape index (κ3) is 5.66. The zero-order valence-corrected chi connectivity index (χ0v) is 20.9. The van der Waals surface area contributed by atoms with Crippen LogP contribution in [0.5, 0.6) is 11.5 Å². The van der Waals surface area contributed by atoms with Crippen molar-refractivity contribution in [2.45, 2.75) is 0 Å². The smallest absolute Gasteiger partial charge is 0.263 e. The van der Waals surface area contributed by atoms with Gasteiger partial charge in [-0.2, -0.15) is 0 Å². The van der Waals surface area contributed by atoms with Crippen molar-refractivity contribution in [3.8, 4) is 11.5 Å². The van der Waals surface area contributed by atoms with Gasteiger partial charge in [0.25, 0.3) is 5.91 Å². The van der Waals surface area contributed by atoms with Crippen LogP contribution in [-0.4, -0.2) is 43.0 Å². The number of nitrogens with zero attached hydrogens (tertiary/aromatic N) is 3. The molecule has 0 fully saturated rings. The van der Waals surface area contributed by atoms with E-state index < -0.39 is 0 Å². The van der Waals surface area contributed by atoms with Crippen molar-refractivity contribution in [3.05, 3.63) is 82.8 Å². The number of hydrogen-bond acceptors (Lipinski definition) is 5. The molecule has 1 heterocycles. The number of ether oxygens (including phenoxy) is 1. The first kappa shape index (κ1) is 24.2. The molecule has 32 heavy (non-hydrogen) atoms. The lowest BCUT2D eigenvalue weighted by Crippen LogP contribution is -2.36. The molecule has 0 saturated carbocycles. The van der Waals surface area contributed by atoms with Gasteiger partial charge in [-0.15, -0.1) is 12.4 Å². The lowest BCUT2D eigenvalue weighted by Gasteiger charge is -2.23. The molecule has 0 unspecified atom stereocenters. The Morgan fingerprint density at radius 3 is 2.47 bits per heavy atom. The van der Waals surface area contributed by atoms with Crippen molar-refractivity contribution >= 4 is 60.9 Å². The van der Waals surface area contributed by atoms with E-state index in [1.165, 1.54) is 11.3 Å². The number of hydrogen-bond donors (Lipinski definition) is 0. The summed E-state index contributed by atoms with van der Waals surface area (Å²) in [6.07, 6.45) is 0. The zero-order valence-electron chi connectivity index (χ0n) is 17.7. The van der Waals surface area contributed by atoms with Crippen LogP contribution in [0.25, 0.3) is 10.2 Å². The van der Waals surface area contributed by atoms with Crippen molar-refractivity contribution < 1.29 is 9.53 Å². The minimum atomic E-state index is -0.133. The van der Waals surface area contributed by atoms with Gasteiger partial charge in [-0.05, 0) is 56.6 Å². The number of thiazole rings is 1. The first-order chi connectivity index (χ1) is 15.0. The maximum Gasteiger partial charge on any atom is 0.263 e. The minimum absolute atomic E-state index is 0. The third-order valence-electron chi connectivity index (χ3n) is 4.67. The molecule has 8 heteroatoms. The summed E-state index contributed by atoms with van der Waals surface area (Å²) in [5.41, 5.74) is 1.38. The molecule has 0 saturated heterocycles. The summed E-state index contributed by atoms with van der Waals surface area (Å²) in [7, 11) is 3.98. The molecule has 0 N–H and O–H groups in total. The topological polar surface area (TPSA) is 45.7 Å². The largest absolute Gasteiger partial charge is 0.457 e. The monoisotopic (exact) mass is 531 g/mol. The van der Waals surface area contributed by atoms with E-state index in [4.69, 9.17) is 9.72 Å². The predicted molar refractivity (Wildman–Crippen MR) is 138 cm³/mol. The van der Waals surface area contributed by atoms with Crippen molar-refractivity contribution in [2.75, 3.05) is 32.1 Å². The molecule has 0 atom stereocenters. The Balaban J connectivity index is 0.00000289. The van der Waals surface area contributed by atoms with Crippen LogP contribution >= 0.6 is 39.7 Å². The number of aromatic nitrogens is 1. The highest BCUT2D eigenvalue weighted by Crippen LogP contribution is 2.33. The van der Waals surface area contributed by atoms with Gasteiger partial charge in [-0.1, -0.05) is 57.6 Å². The SMILES string of the molecule is CN(C)CCN(C(=O)c1ccccc1Oc1ccccc1)c1nc2ccc(Br)cc2s1.Cl. The second kappa shape index (κ2) is 10.9. The van der Waals surface area contributed by atoms with Crippen molar-refractivity contribution in [2.24, 2.45) is 0 Å². The van der Waals surface area contributed by atoms with E-state index in [2.05, 4.69) is 20.8 Å². The molecule has 0 aliphatic carbocycles. The Hall–Kier alpha value is -2.45. The highest BCUT2D eigenvalue weighted by Gasteiger charge is 2.24. The van der Waals surface area contributed by atoms with E-state index in [9.17, 15) is 4.79 Å².